The van der Waals surface area contributed by atoms with Gasteiger partial charge in [0.2, 0.25) is 0 Å². The Hall–Kier alpha value is -4.23. The standard InChI is InChI=1S/C31H31N5O2/c1-19-28(34-20(2)30(19)29(37)14-21-10-12-32-13-11-21)16-26-25-15-22(8-9-27(25)35-31(26)38)23-17-33-36(18-23)24-6-4-3-5-7-24/h3-9,15-18,21,32,34H,10-14H2,1-2H3,(H,35,38)/b26-16-. The number of anilines is 1. The van der Waals surface area contributed by atoms with Gasteiger partial charge in [-0.1, -0.05) is 24.3 Å². The van der Waals surface area contributed by atoms with Gasteiger partial charge in [-0.2, -0.15) is 5.10 Å². The van der Waals surface area contributed by atoms with Crippen LogP contribution in [0.4, 0.5) is 5.69 Å². The maximum absolute atomic E-state index is 13.2. The number of carbonyl (C=O) groups is 2. The van der Waals surface area contributed by atoms with Crippen LogP contribution in [-0.2, 0) is 4.79 Å². The number of aromatic nitrogens is 3. The largest absolute Gasteiger partial charge is 0.358 e. The molecule has 0 radical (unpaired) electrons. The lowest BCUT2D eigenvalue weighted by atomic mass is 9.89. The second kappa shape index (κ2) is 9.91. The van der Waals surface area contributed by atoms with Crippen LogP contribution < -0.4 is 10.6 Å². The predicted molar refractivity (Wildman–Crippen MR) is 150 cm³/mol. The molecule has 2 aliphatic rings. The molecule has 0 atom stereocenters. The monoisotopic (exact) mass is 505 g/mol. The molecule has 2 aliphatic heterocycles. The van der Waals surface area contributed by atoms with E-state index < -0.39 is 0 Å². The average Bonchev–Trinajstić information content (AvgIpc) is 3.61. The molecule has 1 amide bonds. The normalized spacial score (nSPS) is 16.6. The maximum atomic E-state index is 13.2. The number of carbonyl (C=O) groups excluding carboxylic acids is 2. The van der Waals surface area contributed by atoms with Gasteiger partial charge in [0.25, 0.3) is 5.91 Å². The molecule has 4 heterocycles. The van der Waals surface area contributed by atoms with Gasteiger partial charge in [0.05, 0.1) is 17.5 Å². The van der Waals surface area contributed by atoms with Crippen LogP contribution in [0.25, 0.3) is 28.5 Å². The molecule has 0 aliphatic carbocycles. The highest BCUT2D eigenvalue weighted by Gasteiger charge is 2.27. The summed E-state index contributed by atoms with van der Waals surface area (Å²) in [5.74, 6) is 0.463. The van der Waals surface area contributed by atoms with Gasteiger partial charge >= 0.3 is 0 Å². The first-order valence-corrected chi connectivity index (χ1v) is 13.2. The Bertz CT molecular complexity index is 1550. The second-order valence-corrected chi connectivity index (χ2v) is 10.3. The van der Waals surface area contributed by atoms with Gasteiger partial charge in [0.15, 0.2) is 5.78 Å². The van der Waals surface area contributed by atoms with Crippen molar-refractivity contribution in [1.29, 1.82) is 0 Å². The SMILES string of the molecule is Cc1[nH]c(/C=C2\C(=O)Nc3ccc(-c4cnn(-c5ccccc5)c4)cc32)c(C)c1C(=O)CC1CCNCC1. The van der Waals surface area contributed by atoms with Crippen molar-refractivity contribution >= 4 is 29.0 Å². The van der Waals surface area contributed by atoms with E-state index in [0.29, 0.717) is 17.9 Å². The average molecular weight is 506 g/mol. The van der Waals surface area contributed by atoms with Crippen molar-refractivity contribution in [2.45, 2.75) is 33.1 Å². The number of H-pyrrole nitrogens is 1. The lowest BCUT2D eigenvalue weighted by Gasteiger charge is -2.21. The minimum atomic E-state index is -0.147. The van der Waals surface area contributed by atoms with Crippen LogP contribution in [0.15, 0.2) is 60.9 Å². The van der Waals surface area contributed by atoms with E-state index in [1.54, 1.807) is 0 Å². The van der Waals surface area contributed by atoms with E-state index in [0.717, 1.165) is 76.5 Å². The number of amides is 1. The quantitative estimate of drug-likeness (QED) is 0.237. The number of nitrogens with one attached hydrogen (secondary N) is 3. The van der Waals surface area contributed by atoms with Gasteiger partial charge in [-0.15, -0.1) is 0 Å². The maximum Gasteiger partial charge on any atom is 0.256 e. The molecule has 1 saturated heterocycles. The van der Waals surface area contributed by atoms with E-state index in [1.807, 2.05) is 85.5 Å². The molecule has 1 fully saturated rings. The Morgan fingerprint density at radius 1 is 1.08 bits per heavy atom. The highest BCUT2D eigenvalue weighted by Crippen LogP contribution is 2.37. The van der Waals surface area contributed by atoms with Gasteiger partial charge in [-0.25, -0.2) is 4.68 Å². The summed E-state index contributed by atoms with van der Waals surface area (Å²) >= 11 is 0. The molecule has 0 bridgehead atoms. The molecule has 38 heavy (non-hydrogen) atoms. The molecule has 4 aromatic rings. The van der Waals surface area contributed by atoms with E-state index >= 15 is 0 Å². The van der Waals surface area contributed by atoms with E-state index in [-0.39, 0.29) is 11.7 Å². The third kappa shape index (κ3) is 4.50. The molecular weight excluding hydrogens is 474 g/mol. The Kier molecular flexibility index (Phi) is 6.29. The van der Waals surface area contributed by atoms with Gasteiger partial charge in [0.1, 0.15) is 0 Å². The zero-order valence-electron chi connectivity index (χ0n) is 21.7. The van der Waals surface area contributed by atoms with E-state index in [2.05, 4.69) is 20.7 Å². The van der Waals surface area contributed by atoms with Crippen LogP contribution in [0.3, 0.4) is 0 Å². The first kappa shape index (κ1) is 24.1. The topological polar surface area (TPSA) is 91.8 Å². The molecule has 2 aromatic heterocycles. The molecule has 0 spiro atoms. The van der Waals surface area contributed by atoms with Crippen LogP contribution in [0.2, 0.25) is 0 Å². The molecule has 7 heteroatoms. The summed E-state index contributed by atoms with van der Waals surface area (Å²) in [4.78, 5) is 29.6. The fourth-order valence-electron chi connectivity index (χ4n) is 5.64. The van der Waals surface area contributed by atoms with Crippen molar-refractivity contribution in [3.8, 4) is 16.8 Å². The van der Waals surface area contributed by atoms with Gasteiger partial charge in [0, 0.05) is 46.4 Å². The lowest BCUT2D eigenvalue weighted by molar-refractivity contribution is -0.110. The highest BCUT2D eigenvalue weighted by molar-refractivity contribution is 6.35. The number of nitrogens with zero attached hydrogens (tertiary/aromatic N) is 2. The minimum Gasteiger partial charge on any atom is -0.358 e. The van der Waals surface area contributed by atoms with Crippen LogP contribution >= 0.6 is 0 Å². The van der Waals surface area contributed by atoms with E-state index in [9.17, 15) is 9.59 Å². The third-order valence-electron chi connectivity index (χ3n) is 7.72. The highest BCUT2D eigenvalue weighted by atomic mass is 16.2. The Morgan fingerprint density at radius 3 is 2.66 bits per heavy atom. The molecule has 2 aromatic carbocycles. The van der Waals surface area contributed by atoms with E-state index in [4.69, 9.17) is 0 Å². The Balaban J connectivity index is 1.30. The zero-order valence-corrected chi connectivity index (χ0v) is 21.7. The number of ketones is 1. The van der Waals surface area contributed by atoms with Gasteiger partial charge in [-0.05, 0) is 87.2 Å². The number of fused-ring (bicyclic) bond motifs is 1. The Morgan fingerprint density at radius 2 is 1.87 bits per heavy atom. The minimum absolute atomic E-state index is 0.147. The molecule has 0 unspecified atom stereocenters. The van der Waals surface area contributed by atoms with Crippen molar-refractivity contribution in [2.24, 2.45) is 5.92 Å². The summed E-state index contributed by atoms with van der Waals surface area (Å²) in [6.45, 7) is 5.86. The van der Waals surface area contributed by atoms with Crippen molar-refractivity contribution in [3.63, 3.8) is 0 Å². The van der Waals surface area contributed by atoms with Crippen molar-refractivity contribution < 1.29 is 9.59 Å². The second-order valence-electron chi connectivity index (χ2n) is 10.3. The van der Waals surface area contributed by atoms with Crippen molar-refractivity contribution in [2.75, 3.05) is 18.4 Å². The number of rotatable bonds is 6. The van der Waals surface area contributed by atoms with Crippen molar-refractivity contribution in [1.82, 2.24) is 20.1 Å². The van der Waals surface area contributed by atoms with E-state index in [1.165, 1.54) is 0 Å². The van der Waals surface area contributed by atoms with Gasteiger partial charge in [-0.3, -0.25) is 9.59 Å². The predicted octanol–water partition coefficient (Wildman–Crippen LogP) is 5.55. The summed E-state index contributed by atoms with van der Waals surface area (Å²) in [6, 6.07) is 15.9. The molecular formula is C31H31N5O2. The number of hydrogen-bond acceptors (Lipinski definition) is 4. The van der Waals surface area contributed by atoms with Crippen molar-refractivity contribution in [3.05, 3.63) is 89.0 Å². The summed E-state index contributed by atoms with van der Waals surface area (Å²) in [5.41, 5.74) is 8.45. The summed E-state index contributed by atoms with van der Waals surface area (Å²) < 4.78 is 1.84. The van der Waals surface area contributed by atoms with Crippen LogP contribution in [0.1, 0.15) is 52.1 Å². The number of piperidine rings is 1. The van der Waals surface area contributed by atoms with Crippen LogP contribution in [0, 0.1) is 19.8 Å². The smallest absolute Gasteiger partial charge is 0.256 e. The number of hydrogen-bond donors (Lipinski definition) is 3. The first-order valence-electron chi connectivity index (χ1n) is 13.2. The fourth-order valence-corrected chi connectivity index (χ4v) is 5.64. The molecule has 6 rings (SSSR count). The number of Topliss-reactive ketones (excluding diaryl/α,β-unsaturated/α-hetero) is 1. The summed E-state index contributed by atoms with van der Waals surface area (Å²) in [5, 5.41) is 10.9. The number of benzene rings is 2. The summed E-state index contributed by atoms with van der Waals surface area (Å²) in [7, 11) is 0. The van der Waals surface area contributed by atoms with Crippen LogP contribution in [-0.4, -0.2) is 39.5 Å². The zero-order chi connectivity index (χ0) is 26.2. The Labute approximate surface area is 222 Å². The van der Waals surface area contributed by atoms with Gasteiger partial charge < -0.3 is 15.6 Å². The molecule has 3 N–H and O–H groups in total. The van der Waals surface area contributed by atoms with Crippen LogP contribution in [0.5, 0.6) is 0 Å². The number of aryl methyl sites for hydroxylation is 1. The fraction of sp³-hybridized carbons (Fsp3) is 0.258. The third-order valence-corrected chi connectivity index (χ3v) is 7.72. The molecule has 0 saturated carbocycles. The number of aromatic amines is 1. The first-order chi connectivity index (χ1) is 18.5. The summed E-state index contributed by atoms with van der Waals surface area (Å²) in [6.07, 6.45) is 8.34. The lowest BCUT2D eigenvalue weighted by Crippen LogP contribution is -2.29. The molecule has 192 valence electrons. The molecule has 7 nitrogen and oxygen atoms in total. The number of para-hydroxylation sites is 1.